The van der Waals surface area contributed by atoms with Crippen molar-refractivity contribution in [1.82, 2.24) is 5.32 Å². The summed E-state index contributed by atoms with van der Waals surface area (Å²) in [6.07, 6.45) is -0.000172. The van der Waals surface area contributed by atoms with Crippen molar-refractivity contribution in [1.29, 1.82) is 0 Å². The number of aliphatic hydroxyl groups is 1. The molecule has 4 nitrogen and oxygen atoms in total. The molecule has 3 atom stereocenters. The lowest BCUT2D eigenvalue weighted by molar-refractivity contribution is -0.126. The van der Waals surface area contributed by atoms with E-state index in [-0.39, 0.29) is 17.4 Å². The minimum atomic E-state index is -0.590. The van der Waals surface area contributed by atoms with Gasteiger partial charge in [0.1, 0.15) is 0 Å². The Morgan fingerprint density at radius 1 is 1.42 bits per heavy atom. The van der Waals surface area contributed by atoms with Crippen LogP contribution < -0.4 is 11.1 Å². The Bertz CT molecular complexity index is 479. The van der Waals surface area contributed by atoms with Gasteiger partial charge in [-0.1, -0.05) is 45.0 Å². The number of nitrogens with two attached hydrogens (primary N) is 1. The van der Waals surface area contributed by atoms with Crippen molar-refractivity contribution < 1.29 is 9.90 Å². The van der Waals surface area contributed by atoms with Gasteiger partial charge in [-0.15, -0.1) is 0 Å². The number of carbonyl (C=O) groups excluding carboxylic acids is 1. The quantitative estimate of drug-likeness (QED) is 0.748. The van der Waals surface area contributed by atoms with Gasteiger partial charge in [-0.05, 0) is 16.5 Å². The predicted molar refractivity (Wildman–Crippen MR) is 74.5 cm³/mol. The molecule has 0 fully saturated rings. The van der Waals surface area contributed by atoms with E-state index in [9.17, 15) is 9.90 Å². The molecule has 0 radical (unpaired) electrons. The van der Waals surface area contributed by atoms with Crippen LogP contribution in [0.25, 0.3) is 0 Å². The fourth-order valence-corrected chi connectivity index (χ4v) is 2.38. The zero-order valence-electron chi connectivity index (χ0n) is 11.7. The van der Waals surface area contributed by atoms with E-state index >= 15 is 0 Å². The first-order valence-electron chi connectivity index (χ1n) is 6.62. The molecule has 1 aliphatic rings. The third-order valence-corrected chi connectivity index (χ3v) is 3.72. The van der Waals surface area contributed by atoms with Gasteiger partial charge in [-0.2, -0.15) is 0 Å². The second kappa shape index (κ2) is 4.94. The van der Waals surface area contributed by atoms with Crippen LogP contribution in [0.15, 0.2) is 24.3 Å². The number of hydrogen-bond donors (Lipinski definition) is 3. The van der Waals surface area contributed by atoms with Gasteiger partial charge < -0.3 is 16.2 Å². The number of rotatable bonds is 2. The Morgan fingerprint density at radius 3 is 2.68 bits per heavy atom. The molecule has 0 heterocycles. The van der Waals surface area contributed by atoms with Gasteiger partial charge in [-0.25, -0.2) is 0 Å². The highest BCUT2D eigenvalue weighted by atomic mass is 16.3. The molecule has 4 heteroatoms. The van der Waals surface area contributed by atoms with Crippen LogP contribution in [0.3, 0.4) is 0 Å². The minimum Gasteiger partial charge on any atom is -0.390 e. The summed E-state index contributed by atoms with van der Waals surface area (Å²) >= 11 is 0. The van der Waals surface area contributed by atoms with E-state index in [2.05, 4.69) is 5.32 Å². The Hall–Kier alpha value is -1.39. The van der Waals surface area contributed by atoms with Crippen molar-refractivity contribution in [2.24, 2.45) is 11.1 Å². The average Bonchev–Trinajstić information content (AvgIpc) is 2.64. The highest BCUT2D eigenvalue weighted by Gasteiger charge is 2.35. The molecule has 1 aromatic carbocycles. The number of fused-ring (bicyclic) bond motifs is 1. The van der Waals surface area contributed by atoms with E-state index in [1.807, 2.05) is 45.0 Å². The molecule has 1 aliphatic carbocycles. The van der Waals surface area contributed by atoms with Crippen molar-refractivity contribution in [2.75, 3.05) is 0 Å². The molecule has 0 saturated carbocycles. The molecule has 4 N–H and O–H groups in total. The van der Waals surface area contributed by atoms with Gasteiger partial charge in [0.25, 0.3) is 0 Å². The van der Waals surface area contributed by atoms with Crippen LogP contribution in [0.2, 0.25) is 0 Å². The second-order valence-electron chi connectivity index (χ2n) is 6.30. The molecular weight excluding hydrogens is 240 g/mol. The van der Waals surface area contributed by atoms with E-state index in [1.54, 1.807) is 0 Å². The Balaban J connectivity index is 2.14. The van der Waals surface area contributed by atoms with Crippen LogP contribution >= 0.6 is 0 Å². The van der Waals surface area contributed by atoms with E-state index in [4.69, 9.17) is 5.73 Å². The maximum atomic E-state index is 12.2. The number of carbonyl (C=O) groups is 1. The normalized spacial score (nSPS) is 23.8. The maximum absolute atomic E-state index is 12.2. The summed E-state index contributed by atoms with van der Waals surface area (Å²) in [5, 5.41) is 13.0. The van der Waals surface area contributed by atoms with Gasteiger partial charge in [0.05, 0.1) is 18.2 Å². The highest BCUT2D eigenvalue weighted by molar-refractivity contribution is 5.83. The molecule has 1 amide bonds. The first kappa shape index (κ1) is 14.0. The average molecular weight is 262 g/mol. The van der Waals surface area contributed by atoms with Crippen LogP contribution in [-0.4, -0.2) is 23.2 Å². The zero-order valence-corrected chi connectivity index (χ0v) is 11.7. The van der Waals surface area contributed by atoms with Crippen LogP contribution in [0.5, 0.6) is 0 Å². The molecular formula is C15H22N2O2. The summed E-state index contributed by atoms with van der Waals surface area (Å²) in [4.78, 5) is 12.2. The molecule has 0 bridgehead atoms. The first-order chi connectivity index (χ1) is 8.80. The minimum absolute atomic E-state index is 0.215. The van der Waals surface area contributed by atoms with Crippen molar-refractivity contribution >= 4 is 5.91 Å². The lowest BCUT2D eigenvalue weighted by Crippen LogP contribution is -2.50. The van der Waals surface area contributed by atoms with Crippen molar-refractivity contribution in [3.63, 3.8) is 0 Å². The smallest absolute Gasteiger partial charge is 0.238 e. The largest absolute Gasteiger partial charge is 0.390 e. The summed E-state index contributed by atoms with van der Waals surface area (Å²) in [5.41, 5.74) is 7.72. The van der Waals surface area contributed by atoms with Gasteiger partial charge in [0.2, 0.25) is 5.91 Å². The van der Waals surface area contributed by atoms with Crippen molar-refractivity contribution in [3.8, 4) is 0 Å². The van der Waals surface area contributed by atoms with Crippen LogP contribution in [0, 0.1) is 5.41 Å². The number of hydrogen-bond acceptors (Lipinski definition) is 3. The van der Waals surface area contributed by atoms with Crippen molar-refractivity contribution in [3.05, 3.63) is 35.4 Å². The third-order valence-electron chi connectivity index (χ3n) is 3.72. The monoisotopic (exact) mass is 262 g/mol. The van der Waals surface area contributed by atoms with Crippen LogP contribution in [-0.2, 0) is 11.2 Å². The molecule has 0 aliphatic heterocycles. The molecule has 2 rings (SSSR count). The Labute approximate surface area is 114 Å². The van der Waals surface area contributed by atoms with E-state index in [0.717, 1.165) is 11.1 Å². The van der Waals surface area contributed by atoms with Gasteiger partial charge in [-0.3, -0.25) is 4.79 Å². The summed E-state index contributed by atoms with van der Waals surface area (Å²) in [5.74, 6) is -0.215. The fraction of sp³-hybridized carbons (Fsp3) is 0.533. The fourth-order valence-electron chi connectivity index (χ4n) is 2.38. The maximum Gasteiger partial charge on any atom is 0.238 e. The Kier molecular flexibility index (Phi) is 3.65. The van der Waals surface area contributed by atoms with Gasteiger partial charge >= 0.3 is 0 Å². The highest BCUT2D eigenvalue weighted by Crippen LogP contribution is 2.31. The van der Waals surface area contributed by atoms with E-state index < -0.39 is 12.1 Å². The van der Waals surface area contributed by atoms with Gasteiger partial charge in [0.15, 0.2) is 0 Å². The SMILES string of the molecule is CC(C)(C)[C@@H](N)C(=O)N[C@H]1c2ccccc2C[C@H]1O. The molecule has 0 aromatic heterocycles. The number of aliphatic hydroxyl groups excluding tert-OH is 1. The van der Waals surface area contributed by atoms with E-state index in [1.165, 1.54) is 0 Å². The second-order valence-corrected chi connectivity index (χ2v) is 6.30. The summed E-state index contributed by atoms with van der Waals surface area (Å²) in [6, 6.07) is 6.84. The number of benzene rings is 1. The summed E-state index contributed by atoms with van der Waals surface area (Å²) in [7, 11) is 0. The molecule has 0 unspecified atom stereocenters. The number of amides is 1. The first-order valence-corrected chi connectivity index (χ1v) is 6.62. The van der Waals surface area contributed by atoms with Crippen LogP contribution in [0.4, 0.5) is 0 Å². The molecule has 19 heavy (non-hydrogen) atoms. The third kappa shape index (κ3) is 2.80. The lowest BCUT2D eigenvalue weighted by atomic mass is 9.86. The van der Waals surface area contributed by atoms with Gasteiger partial charge in [0, 0.05) is 6.42 Å². The molecule has 104 valence electrons. The van der Waals surface area contributed by atoms with E-state index in [0.29, 0.717) is 6.42 Å². The standard InChI is InChI=1S/C15H22N2O2/c1-15(2,3)13(16)14(19)17-12-10-7-5-4-6-9(10)8-11(12)18/h4-7,11-13,18H,8,16H2,1-3H3,(H,17,19)/t11-,12+,13+/m1/s1. The molecule has 1 aromatic rings. The zero-order chi connectivity index (χ0) is 14.2. The predicted octanol–water partition coefficient (Wildman–Crippen LogP) is 1.13. The molecule has 0 spiro atoms. The number of nitrogens with one attached hydrogen (secondary N) is 1. The van der Waals surface area contributed by atoms with Crippen LogP contribution in [0.1, 0.15) is 37.9 Å². The molecule has 0 saturated heterocycles. The topological polar surface area (TPSA) is 75.4 Å². The van der Waals surface area contributed by atoms with Crippen molar-refractivity contribution in [2.45, 2.75) is 45.4 Å². The lowest BCUT2D eigenvalue weighted by Gasteiger charge is -2.28. The Morgan fingerprint density at radius 2 is 2.05 bits per heavy atom. The summed E-state index contributed by atoms with van der Waals surface area (Å²) < 4.78 is 0. The summed E-state index contributed by atoms with van der Waals surface area (Å²) in [6.45, 7) is 5.78.